The number of amides is 3. The number of urea groups is 1. The van der Waals surface area contributed by atoms with E-state index in [9.17, 15) is 9.59 Å². The molecule has 1 saturated heterocycles. The molecule has 2 fully saturated rings. The van der Waals surface area contributed by atoms with Crippen molar-refractivity contribution in [3.8, 4) is 0 Å². The molecule has 0 aromatic carbocycles. The summed E-state index contributed by atoms with van der Waals surface area (Å²) in [6.45, 7) is 3.40. The zero-order valence-electron chi connectivity index (χ0n) is 9.66. The summed E-state index contributed by atoms with van der Waals surface area (Å²) in [5, 5.41) is 5.50. The van der Waals surface area contributed by atoms with E-state index in [4.69, 9.17) is 0 Å². The molecule has 1 saturated carbocycles. The molecular weight excluding hydrogens is 206 g/mol. The molecular formula is C11H19N3O2. The topological polar surface area (TPSA) is 61.4 Å². The lowest BCUT2D eigenvalue weighted by Gasteiger charge is -2.21. The maximum absolute atomic E-state index is 11.9. The Balaban J connectivity index is 1.74. The van der Waals surface area contributed by atoms with Gasteiger partial charge in [-0.1, -0.05) is 0 Å². The van der Waals surface area contributed by atoms with Crippen LogP contribution in [-0.4, -0.2) is 42.0 Å². The fourth-order valence-electron chi connectivity index (χ4n) is 1.92. The minimum Gasteiger partial charge on any atom is -0.341 e. The van der Waals surface area contributed by atoms with Crippen molar-refractivity contribution < 1.29 is 9.59 Å². The molecule has 3 amide bonds. The van der Waals surface area contributed by atoms with E-state index < -0.39 is 6.04 Å². The number of carbonyl (C=O) groups is 2. The van der Waals surface area contributed by atoms with Gasteiger partial charge in [-0.3, -0.25) is 4.79 Å². The molecule has 0 radical (unpaired) electrons. The van der Waals surface area contributed by atoms with Crippen LogP contribution in [-0.2, 0) is 4.79 Å². The second-order valence-corrected chi connectivity index (χ2v) is 4.65. The van der Waals surface area contributed by atoms with Gasteiger partial charge in [0.15, 0.2) is 0 Å². The first-order chi connectivity index (χ1) is 7.66. The number of hydrogen-bond acceptors (Lipinski definition) is 2. The molecule has 1 atom stereocenters. The van der Waals surface area contributed by atoms with Gasteiger partial charge in [-0.15, -0.1) is 0 Å². The molecule has 16 heavy (non-hydrogen) atoms. The lowest BCUT2D eigenvalue weighted by atomic mass is 10.3. The number of carbonyl (C=O) groups excluding carboxylic acids is 2. The summed E-state index contributed by atoms with van der Waals surface area (Å²) in [7, 11) is 0. The van der Waals surface area contributed by atoms with Gasteiger partial charge in [0.25, 0.3) is 0 Å². The molecule has 1 aliphatic carbocycles. The fourth-order valence-corrected chi connectivity index (χ4v) is 1.92. The number of hydrogen-bond donors (Lipinski definition) is 2. The Kier molecular flexibility index (Phi) is 3.31. The Morgan fingerprint density at radius 2 is 1.88 bits per heavy atom. The molecule has 2 rings (SSSR count). The standard InChI is InChI=1S/C11H19N3O2/c1-8(10(15)14-6-2-3-7-14)12-11(16)13-9-4-5-9/h8-9H,2-7H2,1H3,(H2,12,13,16). The van der Waals surface area contributed by atoms with Crippen LogP contribution in [0.2, 0.25) is 0 Å². The maximum Gasteiger partial charge on any atom is 0.315 e. The maximum atomic E-state index is 11.9. The van der Waals surface area contributed by atoms with Crippen LogP contribution in [0.3, 0.4) is 0 Å². The molecule has 0 aromatic heterocycles. The van der Waals surface area contributed by atoms with Gasteiger partial charge in [-0.2, -0.15) is 0 Å². The van der Waals surface area contributed by atoms with Crippen molar-refractivity contribution in [2.24, 2.45) is 0 Å². The smallest absolute Gasteiger partial charge is 0.315 e. The third-order valence-electron chi connectivity index (χ3n) is 3.05. The number of rotatable bonds is 3. The Hall–Kier alpha value is -1.26. The van der Waals surface area contributed by atoms with Crippen molar-refractivity contribution in [3.63, 3.8) is 0 Å². The van der Waals surface area contributed by atoms with E-state index in [1.807, 2.05) is 4.90 Å². The first-order valence-electron chi connectivity index (χ1n) is 6.02. The quantitative estimate of drug-likeness (QED) is 0.733. The van der Waals surface area contributed by atoms with Gasteiger partial charge in [0.1, 0.15) is 6.04 Å². The van der Waals surface area contributed by atoms with Gasteiger partial charge in [0, 0.05) is 19.1 Å². The Labute approximate surface area is 95.6 Å². The predicted octanol–water partition coefficient (Wildman–Crippen LogP) is 0.459. The summed E-state index contributed by atoms with van der Waals surface area (Å²) in [5.41, 5.74) is 0. The molecule has 1 aliphatic heterocycles. The highest BCUT2D eigenvalue weighted by molar-refractivity contribution is 5.87. The van der Waals surface area contributed by atoms with E-state index in [0.29, 0.717) is 6.04 Å². The monoisotopic (exact) mass is 225 g/mol. The minimum absolute atomic E-state index is 0.0310. The average Bonchev–Trinajstić information content (AvgIpc) is 2.89. The molecule has 5 nitrogen and oxygen atoms in total. The van der Waals surface area contributed by atoms with E-state index in [1.165, 1.54) is 0 Å². The van der Waals surface area contributed by atoms with Crippen molar-refractivity contribution in [2.45, 2.75) is 44.7 Å². The molecule has 0 spiro atoms. The lowest BCUT2D eigenvalue weighted by Crippen LogP contribution is -2.49. The van der Waals surface area contributed by atoms with E-state index >= 15 is 0 Å². The van der Waals surface area contributed by atoms with Crippen molar-refractivity contribution in [3.05, 3.63) is 0 Å². The highest BCUT2D eigenvalue weighted by atomic mass is 16.2. The van der Waals surface area contributed by atoms with Crippen LogP contribution in [0.1, 0.15) is 32.6 Å². The first kappa shape index (κ1) is 11.2. The summed E-state index contributed by atoms with van der Waals surface area (Å²) in [5.74, 6) is 0.0310. The van der Waals surface area contributed by atoms with Crippen LogP contribution in [0.5, 0.6) is 0 Å². The van der Waals surface area contributed by atoms with Crippen LogP contribution in [0.25, 0.3) is 0 Å². The first-order valence-corrected chi connectivity index (χ1v) is 6.02. The highest BCUT2D eigenvalue weighted by Gasteiger charge is 2.27. The second-order valence-electron chi connectivity index (χ2n) is 4.65. The fraction of sp³-hybridized carbons (Fsp3) is 0.818. The van der Waals surface area contributed by atoms with Crippen molar-refractivity contribution in [1.82, 2.24) is 15.5 Å². The molecule has 2 N–H and O–H groups in total. The largest absolute Gasteiger partial charge is 0.341 e. The Morgan fingerprint density at radius 3 is 2.44 bits per heavy atom. The van der Waals surface area contributed by atoms with Crippen molar-refractivity contribution >= 4 is 11.9 Å². The van der Waals surface area contributed by atoms with Gasteiger partial charge >= 0.3 is 6.03 Å². The van der Waals surface area contributed by atoms with Gasteiger partial charge in [-0.25, -0.2) is 4.79 Å². The molecule has 5 heteroatoms. The summed E-state index contributed by atoms with van der Waals surface area (Å²) in [6.07, 6.45) is 4.27. The van der Waals surface area contributed by atoms with Crippen LogP contribution in [0.4, 0.5) is 4.79 Å². The number of likely N-dealkylation sites (tertiary alicyclic amines) is 1. The highest BCUT2D eigenvalue weighted by Crippen LogP contribution is 2.18. The Morgan fingerprint density at radius 1 is 1.25 bits per heavy atom. The van der Waals surface area contributed by atoms with E-state index in [1.54, 1.807) is 6.92 Å². The molecule has 0 bridgehead atoms. The van der Waals surface area contributed by atoms with Gasteiger partial charge in [0.2, 0.25) is 5.91 Å². The molecule has 1 heterocycles. The van der Waals surface area contributed by atoms with E-state index in [0.717, 1.165) is 38.8 Å². The summed E-state index contributed by atoms with van der Waals surface area (Å²) in [4.78, 5) is 25.1. The molecule has 2 aliphatic rings. The van der Waals surface area contributed by atoms with Crippen molar-refractivity contribution in [2.75, 3.05) is 13.1 Å². The lowest BCUT2D eigenvalue weighted by molar-refractivity contribution is -0.131. The summed E-state index contributed by atoms with van der Waals surface area (Å²) in [6, 6.07) is -0.312. The Bertz CT molecular complexity index is 283. The van der Waals surface area contributed by atoms with Crippen LogP contribution in [0.15, 0.2) is 0 Å². The van der Waals surface area contributed by atoms with E-state index in [-0.39, 0.29) is 11.9 Å². The second kappa shape index (κ2) is 4.72. The minimum atomic E-state index is -0.420. The zero-order chi connectivity index (χ0) is 11.5. The third kappa shape index (κ3) is 2.87. The van der Waals surface area contributed by atoms with Gasteiger partial charge < -0.3 is 15.5 Å². The predicted molar refractivity (Wildman–Crippen MR) is 60.0 cm³/mol. The summed E-state index contributed by atoms with van der Waals surface area (Å²) >= 11 is 0. The molecule has 1 unspecified atom stereocenters. The molecule has 90 valence electrons. The molecule has 0 aromatic rings. The van der Waals surface area contributed by atoms with Crippen LogP contribution in [0, 0.1) is 0 Å². The number of nitrogens with one attached hydrogen (secondary N) is 2. The average molecular weight is 225 g/mol. The van der Waals surface area contributed by atoms with Crippen LogP contribution >= 0.6 is 0 Å². The van der Waals surface area contributed by atoms with Gasteiger partial charge in [0.05, 0.1) is 0 Å². The zero-order valence-corrected chi connectivity index (χ0v) is 9.66. The third-order valence-corrected chi connectivity index (χ3v) is 3.05. The van der Waals surface area contributed by atoms with Gasteiger partial charge in [-0.05, 0) is 32.6 Å². The number of nitrogens with zero attached hydrogens (tertiary/aromatic N) is 1. The summed E-state index contributed by atoms with van der Waals surface area (Å²) < 4.78 is 0. The SMILES string of the molecule is CC(NC(=O)NC1CC1)C(=O)N1CCCC1. The normalized spacial score (nSPS) is 21.7. The van der Waals surface area contributed by atoms with E-state index in [2.05, 4.69) is 10.6 Å². The van der Waals surface area contributed by atoms with Crippen molar-refractivity contribution in [1.29, 1.82) is 0 Å². The van der Waals surface area contributed by atoms with Crippen LogP contribution < -0.4 is 10.6 Å².